The van der Waals surface area contributed by atoms with Crippen molar-refractivity contribution in [3.05, 3.63) is 29.8 Å². The molecule has 0 radical (unpaired) electrons. The molecule has 2 nitrogen and oxygen atoms in total. The molecule has 1 fully saturated rings. The minimum atomic E-state index is 0.518. The lowest BCUT2D eigenvalue weighted by Crippen LogP contribution is -2.33. The van der Waals surface area contributed by atoms with Crippen LogP contribution < -0.4 is 10.1 Å². The average molecular weight is 247 g/mol. The van der Waals surface area contributed by atoms with Gasteiger partial charge in [0.2, 0.25) is 0 Å². The molecule has 1 N–H and O–H groups in total. The van der Waals surface area contributed by atoms with E-state index in [1.54, 1.807) is 0 Å². The lowest BCUT2D eigenvalue weighted by Gasteiger charge is -2.16. The van der Waals surface area contributed by atoms with Crippen molar-refractivity contribution in [1.82, 2.24) is 5.32 Å². The zero-order valence-corrected chi connectivity index (χ0v) is 11.6. The number of ether oxygens (including phenoxy) is 1. The van der Waals surface area contributed by atoms with Gasteiger partial charge in [0.05, 0.1) is 0 Å². The molecule has 1 aliphatic carbocycles. The Kier molecular flexibility index (Phi) is 5.06. The Hall–Kier alpha value is -1.02. The summed E-state index contributed by atoms with van der Waals surface area (Å²) in [5.41, 5.74) is 1.41. The second-order valence-electron chi connectivity index (χ2n) is 5.29. The van der Waals surface area contributed by atoms with Gasteiger partial charge in [0.1, 0.15) is 12.4 Å². The van der Waals surface area contributed by atoms with E-state index in [1.807, 2.05) is 7.05 Å². The maximum atomic E-state index is 5.86. The molecule has 0 spiro atoms. The molecule has 1 aliphatic rings. The average Bonchev–Trinajstić information content (AvgIpc) is 3.23. The normalized spacial score (nSPS) is 16.6. The van der Waals surface area contributed by atoms with E-state index in [0.717, 1.165) is 18.3 Å². The lowest BCUT2D eigenvalue weighted by atomic mass is 10.1. The highest BCUT2D eigenvalue weighted by molar-refractivity contribution is 5.27. The summed E-state index contributed by atoms with van der Waals surface area (Å²) in [6, 6.07) is 9.10. The highest BCUT2D eigenvalue weighted by atomic mass is 16.5. The number of nitrogens with one attached hydrogen (secondary N) is 1. The van der Waals surface area contributed by atoms with Crippen LogP contribution in [0.4, 0.5) is 0 Å². The van der Waals surface area contributed by atoms with Crippen LogP contribution in [0.25, 0.3) is 0 Å². The summed E-state index contributed by atoms with van der Waals surface area (Å²) in [6.45, 7) is 3.02. The van der Waals surface area contributed by atoms with E-state index in [4.69, 9.17) is 4.74 Å². The Morgan fingerprint density at radius 2 is 2.00 bits per heavy atom. The molecule has 0 aliphatic heterocycles. The molecule has 100 valence electrons. The molecule has 2 rings (SSSR count). The second-order valence-corrected chi connectivity index (χ2v) is 5.29. The van der Waals surface area contributed by atoms with Crippen LogP contribution in [0.3, 0.4) is 0 Å². The summed E-state index contributed by atoms with van der Waals surface area (Å²) in [7, 11) is 2.03. The Morgan fingerprint density at radius 1 is 1.28 bits per heavy atom. The summed E-state index contributed by atoms with van der Waals surface area (Å²) in [6.07, 6.45) is 6.40. The molecule has 1 saturated carbocycles. The van der Waals surface area contributed by atoms with E-state index in [-0.39, 0.29) is 0 Å². The van der Waals surface area contributed by atoms with E-state index < -0.39 is 0 Å². The molecule has 1 unspecified atom stereocenters. The van der Waals surface area contributed by atoms with Gasteiger partial charge < -0.3 is 10.1 Å². The molecular weight excluding hydrogens is 222 g/mol. The molecule has 0 bridgehead atoms. The molecule has 1 aromatic rings. The van der Waals surface area contributed by atoms with Crippen molar-refractivity contribution in [3.8, 4) is 5.75 Å². The van der Waals surface area contributed by atoms with Gasteiger partial charge in [0, 0.05) is 6.04 Å². The van der Waals surface area contributed by atoms with Gasteiger partial charge in [0.15, 0.2) is 0 Å². The van der Waals surface area contributed by atoms with Gasteiger partial charge in [-0.3, -0.25) is 0 Å². The predicted octanol–water partition coefficient (Wildman–Crippen LogP) is 3.41. The molecule has 2 heteroatoms. The standard InChI is InChI=1S/C16H25NO/c1-3-4-5-13-6-10-15(11-7-13)18-12-16(17-2)14-8-9-14/h6-7,10-11,14,16-17H,3-5,8-9,12H2,1-2H3. The van der Waals surface area contributed by atoms with Crippen LogP contribution in [0.2, 0.25) is 0 Å². The molecule has 0 aromatic heterocycles. The quantitative estimate of drug-likeness (QED) is 0.760. The number of aryl methyl sites for hydroxylation is 1. The van der Waals surface area contributed by atoms with Crippen molar-refractivity contribution in [2.45, 2.75) is 45.1 Å². The fraction of sp³-hybridized carbons (Fsp3) is 0.625. The van der Waals surface area contributed by atoms with Crippen LogP contribution >= 0.6 is 0 Å². The van der Waals surface area contributed by atoms with Crippen LogP contribution in [0.5, 0.6) is 5.75 Å². The van der Waals surface area contributed by atoms with Crippen molar-refractivity contribution in [3.63, 3.8) is 0 Å². The van der Waals surface area contributed by atoms with Gasteiger partial charge in [-0.25, -0.2) is 0 Å². The zero-order valence-electron chi connectivity index (χ0n) is 11.6. The van der Waals surface area contributed by atoms with Gasteiger partial charge >= 0.3 is 0 Å². The SMILES string of the molecule is CCCCc1ccc(OCC(NC)C2CC2)cc1. The van der Waals surface area contributed by atoms with Gasteiger partial charge in [-0.15, -0.1) is 0 Å². The molecule has 1 atom stereocenters. The number of likely N-dealkylation sites (N-methyl/N-ethyl adjacent to an activating group) is 1. The fourth-order valence-corrected chi connectivity index (χ4v) is 2.27. The predicted molar refractivity (Wildman–Crippen MR) is 76.1 cm³/mol. The number of benzene rings is 1. The van der Waals surface area contributed by atoms with E-state index in [0.29, 0.717) is 6.04 Å². The first kappa shape index (κ1) is 13.4. The van der Waals surface area contributed by atoms with Crippen LogP contribution in [-0.4, -0.2) is 19.7 Å². The van der Waals surface area contributed by atoms with E-state index in [2.05, 4.69) is 36.5 Å². The van der Waals surface area contributed by atoms with Crippen LogP contribution in [0.15, 0.2) is 24.3 Å². The summed E-state index contributed by atoms with van der Waals surface area (Å²) in [4.78, 5) is 0. The van der Waals surface area contributed by atoms with Crippen LogP contribution in [0, 0.1) is 5.92 Å². The highest BCUT2D eigenvalue weighted by Gasteiger charge is 2.30. The largest absolute Gasteiger partial charge is 0.492 e. The number of hydrogen-bond acceptors (Lipinski definition) is 2. The van der Waals surface area contributed by atoms with Gasteiger partial charge in [-0.1, -0.05) is 25.5 Å². The summed E-state index contributed by atoms with van der Waals surface area (Å²) < 4.78 is 5.86. The Balaban J connectivity index is 1.78. The Morgan fingerprint density at radius 3 is 2.56 bits per heavy atom. The van der Waals surface area contributed by atoms with E-state index in [1.165, 1.54) is 37.7 Å². The van der Waals surface area contributed by atoms with Crippen molar-refractivity contribution < 1.29 is 4.74 Å². The molecular formula is C16H25NO. The van der Waals surface area contributed by atoms with Crippen molar-refractivity contribution >= 4 is 0 Å². The Labute approximate surface area is 111 Å². The smallest absolute Gasteiger partial charge is 0.119 e. The van der Waals surface area contributed by atoms with Gasteiger partial charge in [-0.2, -0.15) is 0 Å². The molecule has 0 amide bonds. The summed E-state index contributed by atoms with van der Waals surface area (Å²) in [5, 5.41) is 3.35. The maximum Gasteiger partial charge on any atom is 0.119 e. The highest BCUT2D eigenvalue weighted by Crippen LogP contribution is 2.32. The molecule has 1 aromatic carbocycles. The van der Waals surface area contributed by atoms with E-state index >= 15 is 0 Å². The third-order valence-electron chi connectivity index (χ3n) is 3.73. The van der Waals surface area contributed by atoms with Crippen molar-refractivity contribution in [2.75, 3.05) is 13.7 Å². The monoisotopic (exact) mass is 247 g/mol. The third kappa shape index (κ3) is 4.02. The van der Waals surface area contributed by atoms with Gasteiger partial charge in [0.25, 0.3) is 0 Å². The summed E-state index contributed by atoms with van der Waals surface area (Å²) in [5.74, 6) is 1.83. The lowest BCUT2D eigenvalue weighted by molar-refractivity contribution is 0.256. The van der Waals surface area contributed by atoms with Crippen LogP contribution in [0.1, 0.15) is 38.2 Å². The maximum absolute atomic E-state index is 5.86. The zero-order chi connectivity index (χ0) is 12.8. The Bertz CT molecular complexity index is 343. The first-order valence-electron chi connectivity index (χ1n) is 7.22. The van der Waals surface area contributed by atoms with Crippen molar-refractivity contribution in [1.29, 1.82) is 0 Å². The molecule has 0 saturated heterocycles. The number of hydrogen-bond donors (Lipinski definition) is 1. The minimum Gasteiger partial charge on any atom is -0.492 e. The fourth-order valence-electron chi connectivity index (χ4n) is 2.27. The van der Waals surface area contributed by atoms with Crippen molar-refractivity contribution in [2.24, 2.45) is 5.92 Å². The molecule has 0 heterocycles. The number of rotatable bonds is 8. The first-order valence-corrected chi connectivity index (χ1v) is 7.22. The summed E-state index contributed by atoms with van der Waals surface area (Å²) >= 11 is 0. The first-order chi connectivity index (χ1) is 8.83. The third-order valence-corrected chi connectivity index (χ3v) is 3.73. The minimum absolute atomic E-state index is 0.518. The number of unbranched alkanes of at least 4 members (excludes halogenated alkanes) is 1. The topological polar surface area (TPSA) is 21.3 Å². The van der Waals surface area contributed by atoms with E-state index in [9.17, 15) is 0 Å². The molecule has 18 heavy (non-hydrogen) atoms. The van der Waals surface area contributed by atoms with Gasteiger partial charge in [-0.05, 0) is 56.3 Å². The van der Waals surface area contributed by atoms with Crippen LogP contribution in [-0.2, 0) is 6.42 Å². The second kappa shape index (κ2) is 6.79.